The summed E-state index contributed by atoms with van der Waals surface area (Å²) in [6.45, 7) is 4.35. The highest BCUT2D eigenvalue weighted by Crippen LogP contribution is 2.24. The zero-order valence-electron chi connectivity index (χ0n) is 13.4. The van der Waals surface area contributed by atoms with Gasteiger partial charge in [-0.25, -0.2) is 4.68 Å². The molecule has 23 heavy (non-hydrogen) atoms. The van der Waals surface area contributed by atoms with Crippen LogP contribution >= 0.6 is 11.3 Å². The Bertz CT molecular complexity index is 760. The number of hydrogen-bond donors (Lipinski definition) is 0. The largest absolute Gasteiger partial charge is 0.497 e. The zero-order valence-corrected chi connectivity index (χ0v) is 14.2. The van der Waals surface area contributed by atoms with Crippen molar-refractivity contribution in [2.75, 3.05) is 13.7 Å². The molecule has 0 aliphatic heterocycles. The van der Waals surface area contributed by atoms with Crippen molar-refractivity contribution in [3.63, 3.8) is 0 Å². The second kappa shape index (κ2) is 7.42. The highest BCUT2D eigenvalue weighted by Gasteiger charge is 2.12. The lowest BCUT2D eigenvalue weighted by Gasteiger charge is -2.06. The third-order valence-electron chi connectivity index (χ3n) is 3.85. The number of hydrogen-bond acceptors (Lipinski definition) is 4. The Morgan fingerprint density at radius 2 is 2.00 bits per heavy atom. The molecule has 0 N–H and O–H groups in total. The van der Waals surface area contributed by atoms with Gasteiger partial charge in [0.05, 0.1) is 19.3 Å². The Morgan fingerprint density at radius 3 is 2.65 bits per heavy atom. The van der Waals surface area contributed by atoms with Crippen LogP contribution in [0.5, 0.6) is 5.75 Å². The van der Waals surface area contributed by atoms with Crippen LogP contribution in [0.25, 0.3) is 11.3 Å². The Balaban J connectivity index is 2.06. The number of aromatic nitrogens is 1. The fourth-order valence-electron chi connectivity index (χ4n) is 2.63. The molecule has 0 spiro atoms. The summed E-state index contributed by atoms with van der Waals surface area (Å²) in [5, 5.41) is 6.99. The van der Waals surface area contributed by atoms with E-state index in [9.17, 15) is 0 Å². The third-order valence-corrected chi connectivity index (χ3v) is 4.70. The molecule has 1 heterocycles. The van der Waals surface area contributed by atoms with Crippen LogP contribution in [0.3, 0.4) is 0 Å². The van der Waals surface area contributed by atoms with Gasteiger partial charge in [0.2, 0.25) is 4.80 Å². The molecule has 1 fully saturated rings. The molecule has 0 atom stereocenters. The summed E-state index contributed by atoms with van der Waals surface area (Å²) >= 11 is 1.61. The molecule has 0 unspecified atom stereocenters. The average molecular weight is 327 g/mol. The minimum atomic E-state index is 0.605. The highest BCUT2D eigenvalue weighted by atomic mass is 32.1. The van der Waals surface area contributed by atoms with Crippen LogP contribution in [0, 0.1) is 0 Å². The standard InChI is InChI=1S/C18H21N3OS/c1-3-12-19-18-21(20-15-6-4-5-7-15)17(13-23-18)14-8-10-16(22-2)11-9-14/h3,8-11,13H,1,4-7,12H2,2H3. The number of nitrogens with zero attached hydrogens (tertiary/aromatic N) is 3. The van der Waals surface area contributed by atoms with E-state index in [4.69, 9.17) is 9.84 Å². The van der Waals surface area contributed by atoms with Gasteiger partial charge in [-0.15, -0.1) is 17.9 Å². The summed E-state index contributed by atoms with van der Waals surface area (Å²) in [5.74, 6) is 0.856. The predicted octanol–water partition coefficient (Wildman–Crippen LogP) is 4.09. The summed E-state index contributed by atoms with van der Waals surface area (Å²) in [6, 6.07) is 8.06. The van der Waals surface area contributed by atoms with Gasteiger partial charge in [0.15, 0.2) is 0 Å². The summed E-state index contributed by atoms with van der Waals surface area (Å²) in [4.78, 5) is 5.49. The van der Waals surface area contributed by atoms with Crippen molar-refractivity contribution >= 4 is 17.0 Å². The maximum atomic E-state index is 5.24. The van der Waals surface area contributed by atoms with Gasteiger partial charge in [-0.2, -0.15) is 5.10 Å². The van der Waals surface area contributed by atoms with Crippen LogP contribution in [-0.4, -0.2) is 24.0 Å². The molecule has 1 aromatic carbocycles. The Labute approximate surface area is 140 Å². The molecule has 1 aromatic heterocycles. The molecule has 5 heteroatoms. The normalized spacial score (nSPS) is 15.0. The van der Waals surface area contributed by atoms with Gasteiger partial charge in [0.25, 0.3) is 0 Å². The fourth-order valence-corrected chi connectivity index (χ4v) is 3.47. The van der Waals surface area contributed by atoms with Gasteiger partial charge in [0.1, 0.15) is 5.75 Å². The van der Waals surface area contributed by atoms with E-state index in [-0.39, 0.29) is 0 Å². The molecule has 0 amide bonds. The van der Waals surface area contributed by atoms with Gasteiger partial charge in [-0.1, -0.05) is 6.08 Å². The zero-order chi connectivity index (χ0) is 16.1. The first-order valence-corrected chi connectivity index (χ1v) is 8.73. The molecule has 120 valence electrons. The van der Waals surface area contributed by atoms with E-state index >= 15 is 0 Å². The molecular formula is C18H21N3OS. The van der Waals surface area contributed by atoms with Crippen molar-refractivity contribution in [1.29, 1.82) is 0 Å². The van der Waals surface area contributed by atoms with Crippen LogP contribution < -0.4 is 9.54 Å². The number of ether oxygens (including phenoxy) is 1. The van der Waals surface area contributed by atoms with E-state index in [0.29, 0.717) is 6.54 Å². The monoisotopic (exact) mass is 327 g/mol. The molecule has 0 saturated heterocycles. The SMILES string of the molecule is C=CCN=c1scc(-c2ccc(OC)cc2)n1N=C1CCCC1. The lowest BCUT2D eigenvalue weighted by Crippen LogP contribution is -2.14. The maximum Gasteiger partial charge on any atom is 0.206 e. The van der Waals surface area contributed by atoms with E-state index in [0.717, 1.165) is 34.6 Å². The van der Waals surface area contributed by atoms with Gasteiger partial charge in [-0.3, -0.25) is 4.99 Å². The minimum Gasteiger partial charge on any atom is -0.497 e. The van der Waals surface area contributed by atoms with Crippen molar-refractivity contribution in [3.8, 4) is 17.0 Å². The topological polar surface area (TPSA) is 38.9 Å². The van der Waals surface area contributed by atoms with E-state index in [1.54, 1.807) is 24.5 Å². The average Bonchev–Trinajstić information content (AvgIpc) is 3.24. The van der Waals surface area contributed by atoms with Crippen LogP contribution in [-0.2, 0) is 0 Å². The van der Waals surface area contributed by atoms with Crippen molar-refractivity contribution in [2.45, 2.75) is 25.7 Å². The van der Waals surface area contributed by atoms with E-state index in [1.807, 2.05) is 16.8 Å². The molecule has 1 aliphatic carbocycles. The van der Waals surface area contributed by atoms with Gasteiger partial charge >= 0.3 is 0 Å². The molecule has 0 radical (unpaired) electrons. The molecule has 1 aliphatic rings. The van der Waals surface area contributed by atoms with E-state index < -0.39 is 0 Å². The van der Waals surface area contributed by atoms with Crippen LogP contribution in [0.15, 0.2) is 52.4 Å². The first-order chi connectivity index (χ1) is 11.3. The van der Waals surface area contributed by atoms with E-state index in [1.165, 1.54) is 18.6 Å². The summed E-state index contributed by atoms with van der Waals surface area (Å²) in [6.07, 6.45) is 6.46. The summed E-state index contributed by atoms with van der Waals surface area (Å²) in [7, 11) is 1.68. The number of methoxy groups -OCH3 is 1. The highest BCUT2D eigenvalue weighted by molar-refractivity contribution is 7.07. The van der Waals surface area contributed by atoms with Gasteiger partial charge in [-0.05, 0) is 49.9 Å². The first kappa shape index (κ1) is 15.7. The Hall–Kier alpha value is -2.14. The van der Waals surface area contributed by atoms with Crippen LogP contribution in [0.2, 0.25) is 0 Å². The van der Waals surface area contributed by atoms with Crippen molar-refractivity contribution in [3.05, 3.63) is 47.1 Å². The maximum absolute atomic E-state index is 5.24. The number of thiazole rings is 1. The Kier molecular flexibility index (Phi) is 5.08. The van der Waals surface area contributed by atoms with Crippen molar-refractivity contribution in [2.24, 2.45) is 10.1 Å². The summed E-state index contributed by atoms with van der Waals surface area (Å²) < 4.78 is 7.22. The molecule has 2 aromatic rings. The van der Waals surface area contributed by atoms with Crippen molar-refractivity contribution < 1.29 is 4.74 Å². The number of benzene rings is 1. The minimum absolute atomic E-state index is 0.605. The predicted molar refractivity (Wildman–Crippen MR) is 96.2 cm³/mol. The lowest BCUT2D eigenvalue weighted by molar-refractivity contribution is 0.415. The Morgan fingerprint density at radius 1 is 1.26 bits per heavy atom. The van der Waals surface area contributed by atoms with Crippen LogP contribution in [0.4, 0.5) is 0 Å². The first-order valence-electron chi connectivity index (χ1n) is 7.85. The number of rotatable bonds is 5. The van der Waals surface area contributed by atoms with Gasteiger partial charge < -0.3 is 4.74 Å². The second-order valence-electron chi connectivity index (χ2n) is 5.45. The second-order valence-corrected chi connectivity index (χ2v) is 6.28. The lowest BCUT2D eigenvalue weighted by atomic mass is 10.2. The van der Waals surface area contributed by atoms with Crippen LogP contribution in [0.1, 0.15) is 25.7 Å². The molecule has 4 nitrogen and oxygen atoms in total. The molecule has 1 saturated carbocycles. The fraction of sp³-hybridized carbons (Fsp3) is 0.333. The molecule has 3 rings (SSSR count). The third kappa shape index (κ3) is 3.62. The molecule has 0 bridgehead atoms. The van der Waals surface area contributed by atoms with E-state index in [2.05, 4.69) is 29.1 Å². The summed E-state index contributed by atoms with van der Waals surface area (Å²) in [5.41, 5.74) is 3.45. The molecular weight excluding hydrogens is 306 g/mol. The smallest absolute Gasteiger partial charge is 0.206 e. The quantitative estimate of drug-likeness (QED) is 0.762. The van der Waals surface area contributed by atoms with Gasteiger partial charge in [0, 0.05) is 16.7 Å². The van der Waals surface area contributed by atoms with Crippen molar-refractivity contribution in [1.82, 2.24) is 4.68 Å².